The van der Waals surface area contributed by atoms with Gasteiger partial charge in [-0.15, -0.1) is 5.10 Å². The first kappa shape index (κ1) is 14.3. The van der Waals surface area contributed by atoms with Crippen molar-refractivity contribution < 1.29 is 0 Å². The van der Waals surface area contributed by atoms with Crippen LogP contribution in [0.4, 0.5) is 5.95 Å². The number of aromatic amines is 1. The highest BCUT2D eigenvalue weighted by Gasteiger charge is 2.31. The number of nitrogens with one attached hydrogen (secondary N) is 1. The molecule has 0 amide bonds. The standard InChI is InChI=1S/C14H27N5/c1-10(2)11(3)12-16-13(18-17-12)19-7-5-6-14(4,8-15)9-19/h10-11H,5-9,15H2,1-4H3,(H,16,17,18). The van der Waals surface area contributed by atoms with Crippen molar-refractivity contribution in [1.82, 2.24) is 15.2 Å². The van der Waals surface area contributed by atoms with Crippen LogP contribution in [0.25, 0.3) is 0 Å². The van der Waals surface area contributed by atoms with Crippen molar-refractivity contribution in [2.75, 3.05) is 24.5 Å². The number of nitrogens with two attached hydrogens (primary N) is 1. The van der Waals surface area contributed by atoms with Gasteiger partial charge < -0.3 is 10.6 Å². The molecule has 5 nitrogen and oxygen atoms in total. The van der Waals surface area contributed by atoms with Crippen molar-refractivity contribution in [2.45, 2.75) is 46.5 Å². The largest absolute Gasteiger partial charge is 0.339 e. The maximum absolute atomic E-state index is 5.90. The van der Waals surface area contributed by atoms with E-state index in [1.807, 2.05) is 0 Å². The highest BCUT2D eigenvalue weighted by atomic mass is 15.4. The fourth-order valence-corrected chi connectivity index (χ4v) is 2.58. The second kappa shape index (κ2) is 5.49. The Bertz CT molecular complexity index is 414. The van der Waals surface area contributed by atoms with Gasteiger partial charge in [0.2, 0.25) is 5.95 Å². The van der Waals surface area contributed by atoms with Gasteiger partial charge in [0, 0.05) is 19.0 Å². The molecule has 2 atom stereocenters. The quantitative estimate of drug-likeness (QED) is 0.875. The topological polar surface area (TPSA) is 70.8 Å². The van der Waals surface area contributed by atoms with E-state index >= 15 is 0 Å². The molecule has 2 heterocycles. The van der Waals surface area contributed by atoms with Crippen LogP contribution in [0.15, 0.2) is 0 Å². The molecule has 0 aromatic carbocycles. The lowest BCUT2D eigenvalue weighted by atomic mass is 9.82. The zero-order chi connectivity index (χ0) is 14.0. The van der Waals surface area contributed by atoms with Crippen LogP contribution in [0, 0.1) is 11.3 Å². The zero-order valence-corrected chi connectivity index (χ0v) is 12.6. The molecule has 0 spiro atoms. The maximum atomic E-state index is 5.90. The third-order valence-corrected chi connectivity index (χ3v) is 4.48. The number of hydrogen-bond donors (Lipinski definition) is 2. The maximum Gasteiger partial charge on any atom is 0.244 e. The summed E-state index contributed by atoms with van der Waals surface area (Å²) in [5.41, 5.74) is 6.09. The number of rotatable bonds is 4. The van der Waals surface area contributed by atoms with Crippen LogP contribution < -0.4 is 10.6 Å². The molecule has 1 aliphatic rings. The fourth-order valence-electron chi connectivity index (χ4n) is 2.58. The molecule has 1 aromatic rings. The molecule has 1 aromatic heterocycles. The van der Waals surface area contributed by atoms with Gasteiger partial charge in [-0.3, -0.25) is 5.10 Å². The van der Waals surface area contributed by atoms with E-state index in [4.69, 9.17) is 5.73 Å². The molecule has 108 valence electrons. The summed E-state index contributed by atoms with van der Waals surface area (Å²) in [7, 11) is 0. The summed E-state index contributed by atoms with van der Waals surface area (Å²) in [4.78, 5) is 6.94. The normalized spacial score (nSPS) is 25.9. The summed E-state index contributed by atoms with van der Waals surface area (Å²) in [6, 6.07) is 0. The Morgan fingerprint density at radius 2 is 2.16 bits per heavy atom. The second-order valence-electron chi connectivity index (χ2n) is 6.59. The molecule has 0 radical (unpaired) electrons. The average Bonchev–Trinajstić information content (AvgIpc) is 2.87. The van der Waals surface area contributed by atoms with E-state index in [1.54, 1.807) is 0 Å². The van der Waals surface area contributed by atoms with Crippen LogP contribution in [0.5, 0.6) is 0 Å². The lowest BCUT2D eigenvalue weighted by Crippen LogP contribution is -2.46. The van der Waals surface area contributed by atoms with Crippen LogP contribution in [-0.2, 0) is 0 Å². The monoisotopic (exact) mass is 265 g/mol. The zero-order valence-electron chi connectivity index (χ0n) is 12.6. The van der Waals surface area contributed by atoms with Crippen molar-refractivity contribution in [3.8, 4) is 0 Å². The van der Waals surface area contributed by atoms with Crippen LogP contribution in [0.2, 0.25) is 0 Å². The molecule has 5 heteroatoms. The Morgan fingerprint density at radius 1 is 1.42 bits per heavy atom. The van der Waals surface area contributed by atoms with E-state index in [2.05, 4.69) is 47.8 Å². The Kier molecular flexibility index (Phi) is 4.13. The second-order valence-corrected chi connectivity index (χ2v) is 6.59. The predicted molar refractivity (Wildman–Crippen MR) is 78.2 cm³/mol. The summed E-state index contributed by atoms with van der Waals surface area (Å²) < 4.78 is 0. The molecule has 1 aliphatic heterocycles. The SMILES string of the molecule is CC(C)C(C)c1nc(N2CCCC(C)(CN)C2)n[nH]1. The number of piperidine rings is 1. The number of H-pyrrole nitrogens is 1. The van der Waals surface area contributed by atoms with Gasteiger partial charge in [-0.25, -0.2) is 0 Å². The highest BCUT2D eigenvalue weighted by Crippen LogP contribution is 2.30. The average molecular weight is 265 g/mol. The first-order valence-corrected chi connectivity index (χ1v) is 7.32. The van der Waals surface area contributed by atoms with Gasteiger partial charge in [-0.1, -0.05) is 27.7 Å². The summed E-state index contributed by atoms with van der Waals surface area (Å²) in [5, 5.41) is 7.49. The van der Waals surface area contributed by atoms with E-state index in [1.165, 1.54) is 6.42 Å². The van der Waals surface area contributed by atoms with E-state index in [9.17, 15) is 0 Å². The number of aromatic nitrogens is 3. The number of nitrogens with zero attached hydrogens (tertiary/aromatic N) is 3. The van der Waals surface area contributed by atoms with Gasteiger partial charge in [-0.2, -0.15) is 4.98 Å². The third kappa shape index (κ3) is 3.08. The molecule has 0 saturated carbocycles. The Balaban J connectivity index is 2.10. The minimum Gasteiger partial charge on any atom is -0.339 e. The van der Waals surface area contributed by atoms with Crippen molar-refractivity contribution in [3.05, 3.63) is 5.82 Å². The van der Waals surface area contributed by atoms with E-state index in [0.717, 1.165) is 37.8 Å². The minimum atomic E-state index is 0.197. The van der Waals surface area contributed by atoms with Crippen molar-refractivity contribution in [2.24, 2.45) is 17.1 Å². The molecule has 0 bridgehead atoms. The lowest BCUT2D eigenvalue weighted by Gasteiger charge is -2.39. The fraction of sp³-hybridized carbons (Fsp3) is 0.857. The van der Waals surface area contributed by atoms with Crippen molar-refractivity contribution in [3.63, 3.8) is 0 Å². The van der Waals surface area contributed by atoms with E-state index < -0.39 is 0 Å². The number of hydrogen-bond acceptors (Lipinski definition) is 4. The molecule has 2 unspecified atom stereocenters. The Labute approximate surface area is 116 Å². The van der Waals surface area contributed by atoms with Gasteiger partial charge >= 0.3 is 0 Å². The molecule has 2 rings (SSSR count). The van der Waals surface area contributed by atoms with Crippen LogP contribution in [0.3, 0.4) is 0 Å². The molecular formula is C14H27N5. The minimum absolute atomic E-state index is 0.197. The molecule has 1 saturated heterocycles. The molecule has 1 fully saturated rings. The smallest absolute Gasteiger partial charge is 0.244 e. The Hall–Kier alpha value is -1.10. The lowest BCUT2D eigenvalue weighted by molar-refractivity contribution is 0.270. The molecule has 0 aliphatic carbocycles. The van der Waals surface area contributed by atoms with Gasteiger partial charge in [0.15, 0.2) is 0 Å². The summed E-state index contributed by atoms with van der Waals surface area (Å²) >= 11 is 0. The van der Waals surface area contributed by atoms with Gasteiger partial charge in [-0.05, 0) is 30.7 Å². The third-order valence-electron chi connectivity index (χ3n) is 4.48. The van der Waals surface area contributed by atoms with Gasteiger partial charge in [0.1, 0.15) is 5.82 Å². The summed E-state index contributed by atoms with van der Waals surface area (Å²) in [6.07, 6.45) is 2.36. The molecule has 3 N–H and O–H groups in total. The Morgan fingerprint density at radius 3 is 2.79 bits per heavy atom. The summed E-state index contributed by atoms with van der Waals surface area (Å²) in [5.74, 6) is 2.80. The van der Waals surface area contributed by atoms with Gasteiger partial charge in [0.25, 0.3) is 0 Å². The first-order valence-electron chi connectivity index (χ1n) is 7.32. The molecule has 19 heavy (non-hydrogen) atoms. The van der Waals surface area contributed by atoms with E-state index in [-0.39, 0.29) is 5.41 Å². The summed E-state index contributed by atoms with van der Waals surface area (Å²) in [6.45, 7) is 11.6. The van der Waals surface area contributed by atoms with Gasteiger partial charge in [0.05, 0.1) is 0 Å². The molecular weight excluding hydrogens is 238 g/mol. The van der Waals surface area contributed by atoms with Crippen LogP contribution in [0.1, 0.15) is 52.3 Å². The van der Waals surface area contributed by atoms with E-state index in [0.29, 0.717) is 11.8 Å². The van der Waals surface area contributed by atoms with Crippen molar-refractivity contribution in [1.29, 1.82) is 0 Å². The highest BCUT2D eigenvalue weighted by molar-refractivity contribution is 5.31. The van der Waals surface area contributed by atoms with Crippen LogP contribution in [-0.4, -0.2) is 34.8 Å². The first-order chi connectivity index (χ1) is 8.95. The van der Waals surface area contributed by atoms with Crippen molar-refractivity contribution >= 4 is 5.95 Å². The van der Waals surface area contributed by atoms with Crippen LogP contribution >= 0.6 is 0 Å². The number of anilines is 1. The predicted octanol–water partition coefficient (Wildman–Crippen LogP) is 2.13.